The molecule has 1 aliphatic rings. The summed E-state index contributed by atoms with van der Waals surface area (Å²) in [7, 11) is -3.63. The van der Waals surface area contributed by atoms with E-state index >= 15 is 0 Å². The van der Waals surface area contributed by atoms with Gasteiger partial charge < -0.3 is 10.1 Å². The highest BCUT2D eigenvalue weighted by Gasteiger charge is 2.35. The lowest BCUT2D eigenvalue weighted by Gasteiger charge is -2.38. The van der Waals surface area contributed by atoms with Crippen LogP contribution < -0.4 is 14.4 Å². The van der Waals surface area contributed by atoms with Gasteiger partial charge in [-0.2, -0.15) is 0 Å². The highest BCUT2D eigenvalue weighted by Crippen LogP contribution is 2.39. The number of nitrogens with zero attached hydrogens (tertiary/aromatic N) is 1. The SMILES string of the molecule is CCc1ccccc1N(CC(=O)NC1CC(C)(C)Oc2ccc(C)cc21)S(C)(=O)=O. The van der Waals surface area contributed by atoms with E-state index in [2.05, 4.69) is 5.32 Å². The number of carbonyl (C=O) groups excluding carboxylic acids is 1. The fourth-order valence-corrected chi connectivity index (χ4v) is 4.79. The van der Waals surface area contributed by atoms with Crippen LogP contribution in [0.5, 0.6) is 5.75 Å². The van der Waals surface area contributed by atoms with Crippen molar-refractivity contribution in [3.63, 3.8) is 0 Å². The van der Waals surface area contributed by atoms with Crippen LogP contribution >= 0.6 is 0 Å². The van der Waals surface area contributed by atoms with Gasteiger partial charge in [0.25, 0.3) is 0 Å². The summed E-state index contributed by atoms with van der Waals surface area (Å²) in [5, 5.41) is 3.04. The summed E-state index contributed by atoms with van der Waals surface area (Å²) in [6, 6.07) is 12.9. The van der Waals surface area contributed by atoms with Crippen LogP contribution in [0.4, 0.5) is 5.69 Å². The van der Waals surface area contributed by atoms with Crippen molar-refractivity contribution in [3.8, 4) is 5.75 Å². The van der Waals surface area contributed by atoms with Crippen LogP contribution in [-0.2, 0) is 21.2 Å². The zero-order valence-corrected chi connectivity index (χ0v) is 19.0. The number of para-hydroxylation sites is 1. The number of sulfonamides is 1. The first kappa shape index (κ1) is 22.2. The predicted molar refractivity (Wildman–Crippen MR) is 119 cm³/mol. The van der Waals surface area contributed by atoms with E-state index in [1.54, 1.807) is 12.1 Å². The van der Waals surface area contributed by atoms with Crippen molar-refractivity contribution in [3.05, 3.63) is 59.2 Å². The molecule has 6 nitrogen and oxygen atoms in total. The van der Waals surface area contributed by atoms with Gasteiger partial charge in [0.2, 0.25) is 15.9 Å². The molecule has 0 aliphatic carbocycles. The lowest BCUT2D eigenvalue weighted by Crippen LogP contribution is -2.45. The summed E-state index contributed by atoms with van der Waals surface area (Å²) in [6.07, 6.45) is 2.40. The zero-order chi connectivity index (χ0) is 22.1. The van der Waals surface area contributed by atoms with Gasteiger partial charge in [0, 0.05) is 12.0 Å². The van der Waals surface area contributed by atoms with Gasteiger partial charge in [-0.15, -0.1) is 0 Å². The summed E-state index contributed by atoms with van der Waals surface area (Å²) in [6.45, 7) is 7.65. The second kappa shape index (κ2) is 8.30. The maximum atomic E-state index is 13.0. The molecule has 1 amide bonds. The third-order valence-corrected chi connectivity index (χ3v) is 6.41. The molecule has 0 spiro atoms. The minimum atomic E-state index is -3.63. The van der Waals surface area contributed by atoms with Crippen LogP contribution in [0.1, 0.15) is 49.9 Å². The van der Waals surface area contributed by atoms with Crippen LogP contribution in [0.25, 0.3) is 0 Å². The van der Waals surface area contributed by atoms with Gasteiger partial charge in [-0.3, -0.25) is 9.10 Å². The van der Waals surface area contributed by atoms with E-state index in [9.17, 15) is 13.2 Å². The third kappa shape index (κ3) is 4.95. The van der Waals surface area contributed by atoms with E-state index in [4.69, 9.17) is 4.74 Å². The lowest BCUT2D eigenvalue weighted by atomic mass is 9.89. The maximum Gasteiger partial charge on any atom is 0.241 e. The maximum absolute atomic E-state index is 13.0. The molecule has 0 aromatic heterocycles. The Balaban J connectivity index is 1.87. The van der Waals surface area contributed by atoms with Crippen LogP contribution in [0.15, 0.2) is 42.5 Å². The van der Waals surface area contributed by atoms with Crippen molar-refractivity contribution in [2.75, 3.05) is 17.1 Å². The number of benzene rings is 2. The number of carbonyl (C=O) groups is 1. The molecule has 1 atom stereocenters. The summed E-state index contributed by atoms with van der Waals surface area (Å²) in [5.74, 6) is 0.403. The van der Waals surface area contributed by atoms with E-state index in [0.717, 1.165) is 28.7 Å². The Morgan fingerprint density at radius 1 is 1.23 bits per heavy atom. The van der Waals surface area contributed by atoms with Crippen LogP contribution in [0.2, 0.25) is 0 Å². The fraction of sp³-hybridized carbons (Fsp3) is 0.435. The average Bonchev–Trinajstić information content (AvgIpc) is 2.65. The highest BCUT2D eigenvalue weighted by molar-refractivity contribution is 7.92. The molecule has 2 aromatic rings. The van der Waals surface area contributed by atoms with Gasteiger partial charge in [-0.1, -0.05) is 42.8 Å². The number of nitrogens with one attached hydrogen (secondary N) is 1. The summed E-state index contributed by atoms with van der Waals surface area (Å²) >= 11 is 0. The van der Waals surface area contributed by atoms with Gasteiger partial charge in [0.05, 0.1) is 18.0 Å². The molecule has 2 aromatic carbocycles. The first-order valence-corrected chi connectivity index (χ1v) is 12.0. The fourth-order valence-electron chi connectivity index (χ4n) is 3.91. The second-order valence-corrected chi connectivity index (χ2v) is 10.4. The number of hydrogen-bond donors (Lipinski definition) is 1. The Kier molecular flexibility index (Phi) is 6.13. The van der Waals surface area contributed by atoms with Crippen LogP contribution in [0.3, 0.4) is 0 Å². The normalized spacial score (nSPS) is 17.6. The monoisotopic (exact) mass is 430 g/mol. The number of anilines is 1. The Morgan fingerprint density at radius 2 is 1.93 bits per heavy atom. The first-order chi connectivity index (χ1) is 14.0. The topological polar surface area (TPSA) is 75.7 Å². The van der Waals surface area contributed by atoms with Crippen molar-refractivity contribution in [2.45, 2.75) is 52.2 Å². The highest BCUT2D eigenvalue weighted by atomic mass is 32.2. The van der Waals surface area contributed by atoms with Gasteiger partial charge in [0.15, 0.2) is 0 Å². The van der Waals surface area contributed by atoms with Crippen molar-refractivity contribution in [1.82, 2.24) is 5.32 Å². The molecule has 3 rings (SSSR count). The van der Waals surface area contributed by atoms with Crippen molar-refractivity contribution in [2.24, 2.45) is 0 Å². The Morgan fingerprint density at radius 3 is 2.60 bits per heavy atom. The number of aryl methyl sites for hydroxylation is 2. The first-order valence-electron chi connectivity index (χ1n) is 10.1. The van der Waals surface area contributed by atoms with Crippen molar-refractivity contribution >= 4 is 21.6 Å². The van der Waals surface area contributed by atoms with Crippen LogP contribution in [0, 0.1) is 6.92 Å². The summed E-state index contributed by atoms with van der Waals surface area (Å²) in [4.78, 5) is 13.0. The van der Waals surface area contributed by atoms with Gasteiger partial charge >= 0.3 is 0 Å². The summed E-state index contributed by atoms with van der Waals surface area (Å²) < 4.78 is 32.2. The number of fused-ring (bicyclic) bond motifs is 1. The minimum absolute atomic E-state index is 0.251. The average molecular weight is 431 g/mol. The molecule has 1 heterocycles. The van der Waals surface area contributed by atoms with Crippen molar-refractivity contribution < 1.29 is 17.9 Å². The lowest BCUT2D eigenvalue weighted by molar-refractivity contribution is -0.120. The van der Waals surface area contributed by atoms with E-state index in [1.165, 1.54) is 4.31 Å². The molecule has 162 valence electrons. The smallest absolute Gasteiger partial charge is 0.241 e. The summed E-state index contributed by atoms with van der Waals surface area (Å²) in [5.41, 5.74) is 2.98. The Labute approximate surface area is 179 Å². The number of ether oxygens (including phenoxy) is 1. The third-order valence-electron chi connectivity index (χ3n) is 5.29. The molecule has 0 bridgehead atoms. The molecule has 1 N–H and O–H groups in total. The molecule has 0 fully saturated rings. The Bertz CT molecular complexity index is 1050. The molecule has 0 radical (unpaired) electrons. The van der Waals surface area contributed by atoms with Crippen LogP contribution in [-0.4, -0.2) is 32.7 Å². The molecule has 1 aliphatic heterocycles. The molecule has 30 heavy (non-hydrogen) atoms. The second-order valence-electron chi connectivity index (χ2n) is 8.48. The molecule has 1 unspecified atom stereocenters. The molecular formula is C23H30N2O4S. The number of amides is 1. The predicted octanol–water partition coefficient (Wildman–Crippen LogP) is 3.74. The van der Waals surface area contributed by atoms with Gasteiger partial charge in [0.1, 0.15) is 17.9 Å². The van der Waals surface area contributed by atoms with E-state index in [-0.39, 0.29) is 18.5 Å². The minimum Gasteiger partial charge on any atom is -0.487 e. The molecule has 0 saturated heterocycles. The van der Waals surface area contributed by atoms with Crippen molar-refractivity contribution in [1.29, 1.82) is 0 Å². The quantitative estimate of drug-likeness (QED) is 0.757. The van der Waals surface area contributed by atoms with E-state index in [1.807, 2.05) is 58.0 Å². The molecule has 7 heteroatoms. The van der Waals surface area contributed by atoms with Gasteiger partial charge in [-0.05, 0) is 44.9 Å². The molecular weight excluding hydrogens is 400 g/mol. The number of rotatable bonds is 6. The Hall–Kier alpha value is -2.54. The molecule has 0 saturated carbocycles. The van der Waals surface area contributed by atoms with E-state index in [0.29, 0.717) is 18.5 Å². The standard InChI is InChI=1S/C23H30N2O4S/c1-6-17-9-7-8-10-20(17)25(30(5,27)28)15-22(26)24-19-14-23(3,4)29-21-12-11-16(2)13-18(19)21/h7-13,19H,6,14-15H2,1-5H3,(H,24,26). The zero-order valence-electron chi connectivity index (χ0n) is 18.2. The van der Waals surface area contributed by atoms with E-state index < -0.39 is 15.6 Å². The number of hydrogen-bond acceptors (Lipinski definition) is 4. The van der Waals surface area contributed by atoms with Gasteiger partial charge in [-0.25, -0.2) is 8.42 Å². The largest absolute Gasteiger partial charge is 0.487 e.